The van der Waals surface area contributed by atoms with Crippen molar-refractivity contribution in [3.05, 3.63) is 29.2 Å². The standard InChI is InChI=1S/C18H22FN5O3S2/c1-10-5-17(19)9-28-16(20)24-18(17,8-27-10)12-3-4-14(29-12)23-15(25)11-6-22-13(26-2)7-21-11/h4,6-7,10,12H,3,5,8-9H2,1-2H3,(H2,20,24)(H,23,25)/t10-,12?,17+,18+/m0/s1. The number of nitrogens with zero attached hydrogens (tertiary/aromatic N) is 3. The average Bonchev–Trinajstić information content (AvgIpc) is 3.17. The average molecular weight is 440 g/mol. The monoisotopic (exact) mass is 439 g/mol. The first kappa shape index (κ1) is 20.4. The second-order valence-corrected chi connectivity index (χ2v) is 9.50. The maximum absolute atomic E-state index is 16.1. The Bertz CT molecular complexity index is 868. The molecular formula is C18H22FN5O3S2. The Kier molecular flexibility index (Phi) is 5.47. The maximum Gasteiger partial charge on any atom is 0.276 e. The lowest BCUT2D eigenvalue weighted by atomic mass is 9.74. The minimum atomic E-state index is -1.51. The van der Waals surface area contributed by atoms with Crippen LogP contribution in [-0.2, 0) is 4.74 Å². The van der Waals surface area contributed by atoms with Crippen LogP contribution in [0.1, 0.15) is 30.3 Å². The molecule has 3 aliphatic heterocycles. The first-order chi connectivity index (χ1) is 13.8. The number of nitrogens with two attached hydrogens (primary N) is 1. The number of nitrogens with one attached hydrogen (secondary N) is 1. The van der Waals surface area contributed by atoms with Crippen molar-refractivity contribution in [3.63, 3.8) is 0 Å². The molecule has 3 N–H and O–H groups in total. The summed E-state index contributed by atoms with van der Waals surface area (Å²) in [7, 11) is 1.48. The van der Waals surface area contributed by atoms with E-state index in [9.17, 15) is 4.79 Å². The zero-order valence-corrected chi connectivity index (χ0v) is 17.7. The molecule has 3 aliphatic rings. The van der Waals surface area contributed by atoms with Gasteiger partial charge in [-0.05, 0) is 13.3 Å². The summed E-state index contributed by atoms with van der Waals surface area (Å²) < 4.78 is 26.8. The summed E-state index contributed by atoms with van der Waals surface area (Å²) >= 11 is 2.64. The van der Waals surface area contributed by atoms with Gasteiger partial charge >= 0.3 is 0 Å². The molecule has 0 aliphatic carbocycles. The van der Waals surface area contributed by atoms with Crippen LogP contribution < -0.4 is 15.8 Å². The molecule has 29 heavy (non-hydrogen) atoms. The number of rotatable bonds is 4. The van der Waals surface area contributed by atoms with E-state index in [4.69, 9.17) is 15.2 Å². The Morgan fingerprint density at radius 2 is 2.28 bits per heavy atom. The van der Waals surface area contributed by atoms with Crippen molar-refractivity contribution in [2.24, 2.45) is 10.7 Å². The highest BCUT2D eigenvalue weighted by atomic mass is 32.2. The number of amides is 1. The van der Waals surface area contributed by atoms with E-state index in [1.165, 1.54) is 43.0 Å². The van der Waals surface area contributed by atoms with Crippen molar-refractivity contribution in [3.8, 4) is 5.88 Å². The number of carbonyl (C=O) groups excluding carboxylic acids is 1. The number of halogens is 1. The summed E-state index contributed by atoms with van der Waals surface area (Å²) in [5.74, 6) is 0.196. The van der Waals surface area contributed by atoms with E-state index in [1.807, 2.05) is 13.0 Å². The molecule has 1 fully saturated rings. The lowest BCUT2D eigenvalue weighted by molar-refractivity contribution is -0.103. The van der Waals surface area contributed by atoms with Gasteiger partial charge in [-0.2, -0.15) is 0 Å². The molecule has 1 amide bonds. The van der Waals surface area contributed by atoms with Crippen LogP contribution in [0.5, 0.6) is 5.88 Å². The third-order valence-electron chi connectivity index (χ3n) is 5.36. The van der Waals surface area contributed by atoms with Crippen molar-refractivity contribution in [2.45, 2.75) is 42.3 Å². The molecule has 8 nitrogen and oxygen atoms in total. The van der Waals surface area contributed by atoms with Crippen LogP contribution in [0.2, 0.25) is 0 Å². The number of aliphatic imine (C=N–C) groups is 1. The van der Waals surface area contributed by atoms with Gasteiger partial charge in [0.25, 0.3) is 5.91 Å². The first-order valence-electron chi connectivity index (χ1n) is 9.18. The summed E-state index contributed by atoms with van der Waals surface area (Å²) in [6.07, 6.45) is 5.26. The number of alkyl halides is 1. The van der Waals surface area contributed by atoms with Crippen molar-refractivity contribution in [2.75, 3.05) is 19.5 Å². The van der Waals surface area contributed by atoms with Crippen LogP contribution in [0, 0.1) is 0 Å². The first-order valence-corrected chi connectivity index (χ1v) is 11.0. The van der Waals surface area contributed by atoms with Crippen molar-refractivity contribution >= 4 is 34.6 Å². The molecule has 11 heteroatoms. The quantitative estimate of drug-likeness (QED) is 0.731. The predicted octanol–water partition coefficient (Wildman–Crippen LogP) is 1.88. The molecule has 4 rings (SSSR count). The fraction of sp³-hybridized carbons (Fsp3) is 0.556. The lowest BCUT2D eigenvalue weighted by Crippen LogP contribution is -2.66. The van der Waals surface area contributed by atoms with Crippen molar-refractivity contribution < 1.29 is 18.7 Å². The van der Waals surface area contributed by atoms with E-state index >= 15 is 4.39 Å². The van der Waals surface area contributed by atoms with E-state index in [2.05, 4.69) is 20.3 Å². The van der Waals surface area contributed by atoms with Gasteiger partial charge in [-0.1, -0.05) is 17.8 Å². The molecule has 0 radical (unpaired) electrons. The molecule has 0 aromatic carbocycles. The van der Waals surface area contributed by atoms with Crippen LogP contribution in [0.25, 0.3) is 0 Å². The number of aromatic nitrogens is 2. The number of allylic oxidation sites excluding steroid dienone is 1. The number of methoxy groups -OCH3 is 1. The van der Waals surface area contributed by atoms with Gasteiger partial charge in [0.1, 0.15) is 11.2 Å². The lowest BCUT2D eigenvalue weighted by Gasteiger charge is -2.52. The van der Waals surface area contributed by atoms with E-state index in [0.717, 1.165) is 0 Å². The maximum atomic E-state index is 16.1. The fourth-order valence-corrected chi connectivity index (χ4v) is 6.17. The SMILES string of the molecule is COc1cnc(C(=O)NC2=CCC([C@]34CO[C@@H](C)C[C@@]3(F)CSC(N)=N4)S2)cn1. The Labute approximate surface area is 176 Å². The minimum Gasteiger partial charge on any atom is -0.480 e. The normalized spacial score (nSPS) is 34.0. The second-order valence-electron chi connectivity index (χ2n) is 7.26. The zero-order valence-electron chi connectivity index (χ0n) is 16.1. The van der Waals surface area contributed by atoms with Gasteiger partial charge in [-0.15, -0.1) is 11.8 Å². The second kappa shape index (κ2) is 7.77. The third kappa shape index (κ3) is 3.71. The van der Waals surface area contributed by atoms with Crippen LogP contribution in [-0.4, -0.2) is 63.1 Å². The van der Waals surface area contributed by atoms with Crippen molar-refractivity contribution in [1.82, 2.24) is 15.3 Å². The summed E-state index contributed by atoms with van der Waals surface area (Å²) in [6.45, 7) is 2.04. The molecule has 1 aromatic rings. The molecule has 4 atom stereocenters. The van der Waals surface area contributed by atoms with E-state index in [0.29, 0.717) is 22.5 Å². The number of amidine groups is 1. The Hall–Kier alpha value is -1.85. The highest BCUT2D eigenvalue weighted by molar-refractivity contribution is 8.13. The molecule has 4 heterocycles. The Morgan fingerprint density at radius 1 is 1.45 bits per heavy atom. The molecule has 0 spiro atoms. The number of fused-ring (bicyclic) bond motifs is 1. The van der Waals surface area contributed by atoms with Crippen LogP contribution in [0.4, 0.5) is 4.39 Å². The van der Waals surface area contributed by atoms with Gasteiger partial charge in [-0.25, -0.2) is 19.4 Å². The van der Waals surface area contributed by atoms with Gasteiger partial charge in [0.2, 0.25) is 5.88 Å². The molecular weight excluding hydrogens is 417 g/mol. The number of thioether (sulfide) groups is 2. The van der Waals surface area contributed by atoms with E-state index < -0.39 is 11.2 Å². The van der Waals surface area contributed by atoms with Gasteiger partial charge in [0.05, 0.1) is 37.2 Å². The fourth-order valence-electron chi connectivity index (χ4n) is 3.83. The highest BCUT2D eigenvalue weighted by Crippen LogP contribution is 2.53. The molecule has 1 unspecified atom stereocenters. The number of ether oxygens (including phenoxy) is 2. The smallest absolute Gasteiger partial charge is 0.276 e. The molecule has 0 saturated carbocycles. The minimum absolute atomic E-state index is 0.167. The molecule has 0 bridgehead atoms. The number of hydrogen-bond donors (Lipinski definition) is 2. The van der Waals surface area contributed by atoms with Gasteiger partial charge in [0, 0.05) is 17.4 Å². The highest BCUT2D eigenvalue weighted by Gasteiger charge is 2.62. The Morgan fingerprint density at radius 3 is 3.00 bits per heavy atom. The molecule has 156 valence electrons. The van der Waals surface area contributed by atoms with Crippen LogP contribution in [0.15, 0.2) is 28.5 Å². The zero-order chi connectivity index (χ0) is 20.6. The predicted molar refractivity (Wildman–Crippen MR) is 111 cm³/mol. The summed E-state index contributed by atoms with van der Waals surface area (Å²) in [5.41, 5.74) is 3.56. The third-order valence-corrected chi connectivity index (χ3v) is 7.74. The van der Waals surface area contributed by atoms with Crippen LogP contribution >= 0.6 is 23.5 Å². The van der Waals surface area contributed by atoms with Gasteiger partial charge in [-0.3, -0.25) is 4.79 Å². The van der Waals surface area contributed by atoms with Gasteiger partial charge in [0.15, 0.2) is 10.8 Å². The summed E-state index contributed by atoms with van der Waals surface area (Å²) in [5, 5.41) is 3.61. The largest absolute Gasteiger partial charge is 0.480 e. The summed E-state index contributed by atoms with van der Waals surface area (Å²) in [4.78, 5) is 25.1. The van der Waals surface area contributed by atoms with E-state index in [1.54, 1.807) is 0 Å². The summed E-state index contributed by atoms with van der Waals surface area (Å²) in [6, 6.07) is 0. The van der Waals surface area contributed by atoms with Crippen molar-refractivity contribution in [1.29, 1.82) is 0 Å². The molecule has 1 saturated heterocycles. The molecule has 1 aromatic heterocycles. The number of hydrogen-bond acceptors (Lipinski definition) is 9. The van der Waals surface area contributed by atoms with Crippen LogP contribution in [0.3, 0.4) is 0 Å². The Balaban J connectivity index is 1.49. The topological polar surface area (TPSA) is 112 Å². The number of carbonyl (C=O) groups is 1. The van der Waals surface area contributed by atoms with Gasteiger partial charge < -0.3 is 20.5 Å². The van der Waals surface area contributed by atoms with E-state index in [-0.39, 0.29) is 41.7 Å².